The van der Waals surface area contributed by atoms with Crippen LogP contribution in [0.1, 0.15) is 58.1 Å². The zero-order valence-corrected chi connectivity index (χ0v) is 26.6. The van der Waals surface area contributed by atoms with Crippen LogP contribution in [0.25, 0.3) is 0 Å². The van der Waals surface area contributed by atoms with Crippen molar-refractivity contribution in [2.24, 2.45) is 5.73 Å². The predicted molar refractivity (Wildman–Crippen MR) is 166 cm³/mol. The number of carboxylic acids is 2. The lowest BCUT2D eigenvalue weighted by molar-refractivity contribution is -0.147. The average molecular weight is 664 g/mol. The van der Waals surface area contributed by atoms with Gasteiger partial charge in [-0.2, -0.15) is 0 Å². The van der Waals surface area contributed by atoms with Crippen molar-refractivity contribution < 1.29 is 43.8 Å². The topological polar surface area (TPSA) is 249 Å². The molecular formula is C29H41N7O9S. The van der Waals surface area contributed by atoms with E-state index in [1.165, 1.54) is 0 Å². The van der Waals surface area contributed by atoms with Crippen LogP contribution in [0.2, 0.25) is 0 Å². The lowest BCUT2D eigenvalue weighted by Gasteiger charge is -2.32. The Morgan fingerprint density at radius 1 is 1.07 bits per heavy atom. The Labute approximate surface area is 270 Å². The quantitative estimate of drug-likeness (QED) is 0.0905. The molecule has 9 N–H and O–H groups in total. The predicted octanol–water partition coefficient (Wildman–Crippen LogP) is -0.748. The van der Waals surface area contributed by atoms with E-state index in [2.05, 4.69) is 26.6 Å². The molecule has 46 heavy (non-hydrogen) atoms. The second kappa shape index (κ2) is 15.9. The molecule has 6 atom stereocenters. The van der Waals surface area contributed by atoms with Gasteiger partial charge in [0.1, 0.15) is 24.2 Å². The maximum atomic E-state index is 13.9. The minimum Gasteiger partial charge on any atom is -0.480 e. The molecule has 0 aromatic heterocycles. The number of nitrogens with one attached hydrogen (secondary N) is 5. The number of piperazine rings is 1. The van der Waals surface area contributed by atoms with Crippen LogP contribution in [0.4, 0.5) is 4.79 Å². The molecule has 2 fully saturated rings. The summed E-state index contributed by atoms with van der Waals surface area (Å²) in [5, 5.41) is 31.1. The fourth-order valence-electron chi connectivity index (χ4n) is 5.05. The highest BCUT2D eigenvalue weighted by molar-refractivity contribution is 8.01. The first kappa shape index (κ1) is 36.3. The van der Waals surface area contributed by atoms with Gasteiger partial charge in [0.15, 0.2) is 0 Å². The number of aliphatic carboxylic acids is 2. The molecule has 2 saturated heterocycles. The molecule has 252 valence electrons. The number of benzene rings is 1. The highest BCUT2D eigenvalue weighted by Crippen LogP contribution is 2.39. The van der Waals surface area contributed by atoms with Gasteiger partial charge in [-0.05, 0) is 45.1 Å². The summed E-state index contributed by atoms with van der Waals surface area (Å²) in [7, 11) is 0. The van der Waals surface area contributed by atoms with E-state index < -0.39 is 81.9 Å². The number of rotatable bonds is 14. The summed E-state index contributed by atoms with van der Waals surface area (Å²) in [6.07, 6.45) is 1.44. The molecule has 1 unspecified atom stereocenters. The van der Waals surface area contributed by atoms with Gasteiger partial charge in [-0.25, -0.2) is 4.79 Å². The number of carbonyl (C=O) groups is 7. The van der Waals surface area contributed by atoms with Gasteiger partial charge in [0.05, 0.1) is 11.9 Å². The van der Waals surface area contributed by atoms with Gasteiger partial charge in [-0.15, -0.1) is 11.8 Å². The van der Waals surface area contributed by atoms with E-state index in [0.29, 0.717) is 24.8 Å². The third kappa shape index (κ3) is 9.17. The Balaban J connectivity index is 1.83. The lowest BCUT2D eigenvalue weighted by Crippen LogP contribution is -2.62. The number of nitrogens with zero attached hydrogens (tertiary/aromatic N) is 1. The number of unbranched alkanes of at least 4 members (excludes halogenated alkanes) is 1. The minimum atomic E-state index is -1.41. The first-order valence-corrected chi connectivity index (χ1v) is 15.7. The lowest BCUT2D eigenvalue weighted by atomic mass is 10.0. The summed E-state index contributed by atoms with van der Waals surface area (Å²) in [6.45, 7) is 5.17. The summed E-state index contributed by atoms with van der Waals surface area (Å²) in [5.41, 5.74) is 5.85. The van der Waals surface area contributed by atoms with Crippen molar-refractivity contribution in [3.05, 3.63) is 35.9 Å². The first-order chi connectivity index (χ1) is 21.7. The van der Waals surface area contributed by atoms with Crippen LogP contribution < -0.4 is 32.3 Å². The highest BCUT2D eigenvalue weighted by atomic mass is 32.2. The molecule has 2 aliphatic heterocycles. The number of nitrogens with two attached hydrogens (primary N) is 1. The van der Waals surface area contributed by atoms with Crippen molar-refractivity contribution in [2.75, 3.05) is 13.1 Å². The van der Waals surface area contributed by atoms with Crippen molar-refractivity contribution in [1.29, 1.82) is 0 Å². The summed E-state index contributed by atoms with van der Waals surface area (Å²) in [6, 6.07) is 1.80. The van der Waals surface area contributed by atoms with E-state index in [-0.39, 0.29) is 19.5 Å². The minimum absolute atomic E-state index is 0.104. The zero-order chi connectivity index (χ0) is 34.2. The largest absolute Gasteiger partial charge is 0.480 e. The molecule has 16 nitrogen and oxygen atoms in total. The Morgan fingerprint density at radius 2 is 1.74 bits per heavy atom. The van der Waals surface area contributed by atoms with Crippen molar-refractivity contribution in [3.63, 3.8) is 0 Å². The number of amides is 6. The Hall–Kier alpha value is -4.22. The molecule has 0 aliphatic carbocycles. The summed E-state index contributed by atoms with van der Waals surface area (Å²) in [5.74, 6) is -5.78. The van der Waals surface area contributed by atoms with Crippen LogP contribution in [-0.2, 0) is 28.8 Å². The fourth-order valence-corrected chi connectivity index (χ4v) is 6.54. The maximum Gasteiger partial charge on any atom is 0.325 e. The molecule has 1 aromatic carbocycles. The van der Waals surface area contributed by atoms with E-state index in [4.69, 9.17) is 10.8 Å². The molecule has 0 spiro atoms. The number of urea groups is 1. The fraction of sp³-hybridized carbons (Fsp3) is 0.552. The van der Waals surface area contributed by atoms with Gasteiger partial charge >= 0.3 is 29.8 Å². The number of carbonyl (C=O) groups excluding carboxylic acids is 5. The van der Waals surface area contributed by atoms with Gasteiger partial charge in [0, 0.05) is 17.3 Å². The number of imide groups is 1. The van der Waals surface area contributed by atoms with Gasteiger partial charge < -0.3 is 37.2 Å². The molecule has 3 rings (SSSR count). The van der Waals surface area contributed by atoms with Gasteiger partial charge in [-0.1, -0.05) is 37.3 Å². The van der Waals surface area contributed by atoms with Gasteiger partial charge in [0.2, 0.25) is 11.8 Å². The normalized spacial score (nSPS) is 22.6. The third-order valence-corrected chi connectivity index (χ3v) is 9.23. The molecule has 1 aromatic rings. The second-order valence-electron chi connectivity index (χ2n) is 11.6. The maximum absolute atomic E-state index is 13.9. The van der Waals surface area contributed by atoms with Gasteiger partial charge in [0.25, 0.3) is 0 Å². The van der Waals surface area contributed by atoms with Crippen LogP contribution in [0.3, 0.4) is 0 Å². The number of hydrogen-bond acceptors (Lipinski definition) is 10. The zero-order valence-electron chi connectivity index (χ0n) is 25.8. The van der Waals surface area contributed by atoms with E-state index in [1.54, 1.807) is 51.1 Å². The van der Waals surface area contributed by atoms with Crippen LogP contribution in [0.5, 0.6) is 0 Å². The summed E-state index contributed by atoms with van der Waals surface area (Å²) in [4.78, 5) is 89.0. The summed E-state index contributed by atoms with van der Waals surface area (Å²) < 4.78 is -0.870. The molecule has 2 heterocycles. The van der Waals surface area contributed by atoms with E-state index in [1.807, 2.05) is 0 Å². The molecule has 17 heteroatoms. The van der Waals surface area contributed by atoms with Crippen LogP contribution in [0, 0.1) is 0 Å². The summed E-state index contributed by atoms with van der Waals surface area (Å²) >= 11 is 1.15. The molecule has 6 amide bonds. The highest BCUT2D eigenvalue weighted by Gasteiger charge is 2.49. The smallest absolute Gasteiger partial charge is 0.325 e. The number of carboxylic acid groups (broad SMARTS) is 2. The molecule has 0 saturated carbocycles. The van der Waals surface area contributed by atoms with Crippen LogP contribution in [0.15, 0.2) is 30.3 Å². The van der Waals surface area contributed by atoms with Crippen molar-refractivity contribution in [2.45, 2.75) is 86.8 Å². The van der Waals surface area contributed by atoms with Crippen molar-refractivity contribution >= 4 is 53.4 Å². The van der Waals surface area contributed by atoms with Gasteiger partial charge in [-0.3, -0.25) is 39.0 Å². The van der Waals surface area contributed by atoms with Crippen molar-refractivity contribution in [3.8, 4) is 0 Å². The third-order valence-electron chi connectivity index (χ3n) is 7.72. The Bertz CT molecular complexity index is 1330. The van der Waals surface area contributed by atoms with E-state index >= 15 is 0 Å². The monoisotopic (exact) mass is 663 g/mol. The molecular weight excluding hydrogens is 622 g/mol. The second-order valence-corrected chi connectivity index (χ2v) is 13.4. The Morgan fingerprint density at radius 3 is 2.33 bits per heavy atom. The van der Waals surface area contributed by atoms with Crippen LogP contribution in [-0.4, -0.2) is 104 Å². The van der Waals surface area contributed by atoms with Crippen LogP contribution >= 0.6 is 11.8 Å². The first-order valence-electron chi connectivity index (χ1n) is 14.9. The van der Waals surface area contributed by atoms with E-state index in [0.717, 1.165) is 16.7 Å². The number of hydrogen-bond donors (Lipinski definition) is 8. The molecule has 2 aliphatic rings. The number of thioether (sulfide) groups is 1. The molecule has 0 bridgehead atoms. The average Bonchev–Trinajstić information content (AvgIpc) is 3.34. The molecule has 0 radical (unpaired) electrons. The Kier molecular flexibility index (Phi) is 12.5. The van der Waals surface area contributed by atoms with E-state index in [9.17, 15) is 38.7 Å². The SMILES string of the molecule is CCC1CN(C(=O)N[C@@H](C(=O)N[C@H](C(=O)NCCCC[C@H](N)C(=O)O)[C@@H]2N[C@@H](C(=O)O)C(C)(C)S2)c2ccccc2)C(=O)C(=O)N1. The van der Waals surface area contributed by atoms with Crippen molar-refractivity contribution in [1.82, 2.24) is 31.5 Å². The standard InChI is InChI=1S/C29H41N7O9S/c1-4-16-14-36(25(40)23(39)32-16)28(45)34-18(15-10-6-5-7-11-15)22(38)33-19(24-35-20(27(43)44)29(2,3)46-24)21(37)31-13-9-8-12-17(30)26(41)42/h5-7,10-11,16-20,24,35H,4,8-9,12-14,30H2,1-3H3,(H,31,37)(H,32,39)(H,33,38)(H,34,45)(H,41,42)(H,43,44)/t16?,17-,18+,19+,20-,24+/m0/s1.